The van der Waals surface area contributed by atoms with Crippen LogP contribution in [0, 0.1) is 0 Å². The highest BCUT2D eigenvalue weighted by molar-refractivity contribution is 7.51. The van der Waals surface area contributed by atoms with Crippen LogP contribution >= 0.6 is 7.60 Å². The number of carbonyl (C=O) groups excluding carboxylic acids is 1. The fraction of sp³-hybridized carbons (Fsp3) is 0.600. The maximum atomic E-state index is 10.6. The summed E-state index contributed by atoms with van der Waals surface area (Å²) in [5.41, 5.74) is 0. The third-order valence-corrected chi connectivity index (χ3v) is 1.48. The van der Waals surface area contributed by atoms with Gasteiger partial charge >= 0.3 is 19.5 Å². The molecule has 0 aromatic heterocycles. The molecular weight excluding hydrogens is 219 g/mol. The first-order valence-corrected chi connectivity index (χ1v) is 5.13. The smallest absolute Gasteiger partial charge is 0.362 e. The molecular formula is C5H9O8P. The van der Waals surface area contributed by atoms with Gasteiger partial charge < -0.3 is 24.7 Å². The van der Waals surface area contributed by atoms with Gasteiger partial charge in [0, 0.05) is 0 Å². The van der Waals surface area contributed by atoms with Gasteiger partial charge in [-0.2, -0.15) is 0 Å². The zero-order valence-electron chi connectivity index (χ0n) is 6.86. The standard InChI is InChI=1S/C5H9O8P/c6-3(1-4(7)8)5(9)13-2-14(10,11)12/h3,6H,1-2H2,(H,7,8)(H2,10,11,12). The van der Waals surface area contributed by atoms with Gasteiger partial charge in [-0.05, 0) is 0 Å². The van der Waals surface area contributed by atoms with E-state index in [-0.39, 0.29) is 0 Å². The summed E-state index contributed by atoms with van der Waals surface area (Å²) < 4.78 is 14.2. The predicted molar refractivity (Wildman–Crippen MR) is 41.3 cm³/mol. The summed E-state index contributed by atoms with van der Waals surface area (Å²) in [6, 6.07) is 0. The lowest BCUT2D eigenvalue weighted by atomic mass is 10.3. The Bertz CT molecular complexity index is 267. The first kappa shape index (κ1) is 13.1. The summed E-state index contributed by atoms with van der Waals surface area (Å²) >= 11 is 0. The molecule has 4 N–H and O–H groups in total. The summed E-state index contributed by atoms with van der Waals surface area (Å²) in [4.78, 5) is 37.2. The van der Waals surface area contributed by atoms with E-state index in [2.05, 4.69) is 4.74 Å². The minimum atomic E-state index is -4.50. The SMILES string of the molecule is O=C(O)CC(O)C(=O)OCP(=O)(O)O. The first-order chi connectivity index (χ1) is 6.22. The van der Waals surface area contributed by atoms with Gasteiger partial charge in [0.2, 0.25) is 0 Å². The van der Waals surface area contributed by atoms with E-state index in [1.807, 2.05) is 0 Å². The lowest BCUT2D eigenvalue weighted by Crippen LogP contribution is -2.26. The summed E-state index contributed by atoms with van der Waals surface area (Å²) in [5.74, 6) is -2.80. The highest BCUT2D eigenvalue weighted by Crippen LogP contribution is 2.33. The Kier molecular flexibility index (Phi) is 4.72. The van der Waals surface area contributed by atoms with Crippen molar-refractivity contribution in [2.75, 3.05) is 6.35 Å². The highest BCUT2D eigenvalue weighted by atomic mass is 31.2. The maximum Gasteiger partial charge on any atom is 0.362 e. The van der Waals surface area contributed by atoms with Gasteiger partial charge in [-0.1, -0.05) is 0 Å². The molecule has 0 spiro atoms. The fourth-order valence-electron chi connectivity index (χ4n) is 0.493. The third-order valence-electron chi connectivity index (χ3n) is 1.02. The van der Waals surface area contributed by atoms with Crippen LogP contribution < -0.4 is 0 Å². The second kappa shape index (κ2) is 5.06. The Morgan fingerprint density at radius 3 is 2.21 bits per heavy atom. The number of ether oxygens (including phenoxy) is 1. The lowest BCUT2D eigenvalue weighted by Gasteiger charge is -2.08. The molecule has 0 aromatic rings. The number of rotatable bonds is 5. The van der Waals surface area contributed by atoms with E-state index in [0.29, 0.717) is 0 Å². The lowest BCUT2D eigenvalue weighted by molar-refractivity contribution is -0.156. The summed E-state index contributed by atoms with van der Waals surface area (Å²) in [5, 5.41) is 16.9. The molecule has 0 aliphatic heterocycles. The third kappa shape index (κ3) is 6.55. The first-order valence-electron chi connectivity index (χ1n) is 3.33. The quantitative estimate of drug-likeness (QED) is 0.329. The van der Waals surface area contributed by atoms with Gasteiger partial charge in [0.05, 0.1) is 6.42 Å². The van der Waals surface area contributed by atoms with Crippen molar-refractivity contribution in [3.8, 4) is 0 Å². The van der Waals surface area contributed by atoms with Crippen molar-refractivity contribution in [2.24, 2.45) is 0 Å². The van der Waals surface area contributed by atoms with Gasteiger partial charge in [0.25, 0.3) is 0 Å². The summed E-state index contributed by atoms with van der Waals surface area (Å²) in [6.45, 7) is 0. The molecule has 0 bridgehead atoms. The van der Waals surface area contributed by atoms with E-state index in [1.165, 1.54) is 0 Å². The van der Waals surface area contributed by atoms with E-state index in [0.717, 1.165) is 0 Å². The molecule has 0 radical (unpaired) electrons. The van der Waals surface area contributed by atoms with Gasteiger partial charge in [-0.25, -0.2) is 4.79 Å². The monoisotopic (exact) mass is 228 g/mol. The molecule has 0 saturated heterocycles. The van der Waals surface area contributed by atoms with Crippen LogP contribution in [0.2, 0.25) is 0 Å². The molecule has 0 saturated carbocycles. The Labute approximate surface area is 78.3 Å². The van der Waals surface area contributed by atoms with Crippen LogP contribution in [0.15, 0.2) is 0 Å². The molecule has 14 heavy (non-hydrogen) atoms. The number of carboxylic acids is 1. The van der Waals surface area contributed by atoms with E-state index in [4.69, 9.17) is 20.0 Å². The number of hydrogen-bond donors (Lipinski definition) is 4. The van der Waals surface area contributed by atoms with Crippen molar-refractivity contribution in [1.82, 2.24) is 0 Å². The normalized spacial score (nSPS) is 13.4. The van der Waals surface area contributed by atoms with Crippen LogP contribution in [0.4, 0.5) is 0 Å². The molecule has 0 heterocycles. The van der Waals surface area contributed by atoms with Crippen molar-refractivity contribution in [2.45, 2.75) is 12.5 Å². The van der Waals surface area contributed by atoms with Gasteiger partial charge in [-0.15, -0.1) is 0 Å². The second-order valence-electron chi connectivity index (χ2n) is 2.37. The summed E-state index contributed by atoms with van der Waals surface area (Å²) in [7, 11) is -4.50. The number of hydrogen-bond acceptors (Lipinski definition) is 5. The van der Waals surface area contributed by atoms with Crippen molar-refractivity contribution in [3.05, 3.63) is 0 Å². The van der Waals surface area contributed by atoms with Gasteiger partial charge in [0.15, 0.2) is 12.5 Å². The Hall–Kier alpha value is -0.950. The second-order valence-corrected chi connectivity index (χ2v) is 3.96. The van der Waals surface area contributed by atoms with Crippen molar-refractivity contribution >= 4 is 19.5 Å². The van der Waals surface area contributed by atoms with E-state index in [1.54, 1.807) is 0 Å². The number of aliphatic hydroxyl groups excluding tert-OH is 1. The van der Waals surface area contributed by atoms with Crippen LogP contribution in [0.3, 0.4) is 0 Å². The Morgan fingerprint density at radius 2 is 1.86 bits per heavy atom. The zero-order valence-corrected chi connectivity index (χ0v) is 7.76. The molecule has 8 nitrogen and oxygen atoms in total. The maximum absolute atomic E-state index is 10.6. The van der Waals surface area contributed by atoms with Crippen LogP contribution in [0.1, 0.15) is 6.42 Å². The average molecular weight is 228 g/mol. The molecule has 0 aromatic carbocycles. The molecule has 1 atom stereocenters. The molecule has 1 unspecified atom stereocenters. The Morgan fingerprint density at radius 1 is 1.36 bits per heavy atom. The molecule has 0 aliphatic rings. The molecule has 0 rings (SSSR count). The van der Waals surface area contributed by atoms with Crippen LogP contribution in [-0.4, -0.2) is 44.4 Å². The highest BCUT2D eigenvalue weighted by Gasteiger charge is 2.23. The zero-order chi connectivity index (χ0) is 11.4. The fourth-order valence-corrected chi connectivity index (χ4v) is 0.788. The van der Waals surface area contributed by atoms with Crippen LogP contribution in [-0.2, 0) is 18.9 Å². The van der Waals surface area contributed by atoms with E-state index in [9.17, 15) is 14.2 Å². The van der Waals surface area contributed by atoms with E-state index < -0.39 is 38.4 Å². The molecule has 0 fully saturated rings. The predicted octanol–water partition coefficient (Wildman–Crippen LogP) is -1.50. The number of carboxylic acid groups (broad SMARTS) is 1. The largest absolute Gasteiger partial charge is 0.481 e. The molecule has 0 amide bonds. The number of carbonyl (C=O) groups is 2. The molecule has 82 valence electrons. The number of aliphatic hydroxyl groups is 1. The average Bonchev–Trinajstić information content (AvgIpc) is 1.97. The van der Waals surface area contributed by atoms with Crippen LogP contribution in [0.25, 0.3) is 0 Å². The van der Waals surface area contributed by atoms with Gasteiger partial charge in [-0.3, -0.25) is 9.36 Å². The molecule has 0 aliphatic carbocycles. The van der Waals surface area contributed by atoms with Crippen molar-refractivity contribution in [1.29, 1.82) is 0 Å². The van der Waals surface area contributed by atoms with Gasteiger partial charge in [0.1, 0.15) is 0 Å². The Balaban J connectivity index is 3.97. The minimum absolute atomic E-state index is 0.875. The van der Waals surface area contributed by atoms with E-state index >= 15 is 0 Å². The van der Waals surface area contributed by atoms with Crippen molar-refractivity contribution in [3.63, 3.8) is 0 Å². The minimum Gasteiger partial charge on any atom is -0.481 e. The molecule has 9 heteroatoms. The number of esters is 1. The van der Waals surface area contributed by atoms with Crippen LogP contribution in [0.5, 0.6) is 0 Å². The number of aliphatic carboxylic acids is 1. The summed E-state index contributed by atoms with van der Waals surface area (Å²) in [6.07, 6.45) is -3.97. The topological polar surface area (TPSA) is 141 Å². The van der Waals surface area contributed by atoms with Crippen molar-refractivity contribution < 1.29 is 38.9 Å².